The fourth-order valence-corrected chi connectivity index (χ4v) is 1.37. The maximum atomic E-state index is 11.5. The van der Waals surface area contributed by atoms with E-state index < -0.39 is 0 Å². The number of aryl methyl sites for hydroxylation is 1. The Kier molecular flexibility index (Phi) is 3.72. The van der Waals surface area contributed by atoms with Gasteiger partial charge in [0.1, 0.15) is 0 Å². The zero-order chi connectivity index (χ0) is 11.4. The lowest BCUT2D eigenvalue weighted by molar-refractivity contribution is 0.0601. The first kappa shape index (κ1) is 11.6. The highest BCUT2D eigenvalue weighted by molar-refractivity contribution is 5.95. The highest BCUT2D eigenvalue weighted by Gasteiger charge is 2.12. The number of methoxy groups -OCH3 is 1. The molecule has 0 unspecified atom stereocenters. The number of ether oxygens (including phenoxy) is 1. The molecule has 0 radical (unpaired) electrons. The van der Waals surface area contributed by atoms with Crippen molar-refractivity contribution in [2.24, 2.45) is 0 Å². The molecule has 1 aromatic rings. The molecule has 0 saturated heterocycles. The summed E-state index contributed by atoms with van der Waals surface area (Å²) in [6.45, 7) is 6.01. The minimum absolute atomic E-state index is 0.288. The van der Waals surface area contributed by atoms with Crippen LogP contribution in [0.4, 0.5) is 5.69 Å². The number of hydrogen-bond acceptors (Lipinski definition) is 3. The van der Waals surface area contributed by atoms with Crippen LogP contribution in [0.3, 0.4) is 0 Å². The molecule has 0 spiro atoms. The minimum atomic E-state index is -0.304. The van der Waals surface area contributed by atoms with Crippen molar-refractivity contribution < 1.29 is 9.53 Å². The van der Waals surface area contributed by atoms with E-state index in [2.05, 4.69) is 5.32 Å². The van der Waals surface area contributed by atoms with Gasteiger partial charge in [-0.25, -0.2) is 4.79 Å². The van der Waals surface area contributed by atoms with Gasteiger partial charge in [-0.2, -0.15) is 0 Å². The van der Waals surface area contributed by atoms with E-state index in [1.54, 1.807) is 0 Å². The Morgan fingerprint density at radius 2 is 2.07 bits per heavy atom. The van der Waals surface area contributed by atoms with Gasteiger partial charge in [-0.1, -0.05) is 11.6 Å². The maximum Gasteiger partial charge on any atom is 0.339 e. The number of hydrogen-bond donors (Lipinski definition) is 1. The largest absolute Gasteiger partial charge is 0.465 e. The van der Waals surface area contributed by atoms with Gasteiger partial charge in [0.2, 0.25) is 0 Å². The molecule has 0 fully saturated rings. The van der Waals surface area contributed by atoms with Crippen LogP contribution in [0.25, 0.3) is 0 Å². The third kappa shape index (κ3) is 2.98. The molecule has 3 nitrogen and oxygen atoms in total. The fourth-order valence-electron chi connectivity index (χ4n) is 1.37. The summed E-state index contributed by atoms with van der Waals surface area (Å²) < 4.78 is 4.73. The van der Waals surface area contributed by atoms with Crippen LogP contribution < -0.4 is 5.32 Å². The molecule has 0 aromatic heterocycles. The third-order valence-electron chi connectivity index (χ3n) is 2.02. The monoisotopic (exact) mass is 207 g/mol. The Bertz CT molecular complexity index is 359. The molecule has 0 amide bonds. The van der Waals surface area contributed by atoms with Gasteiger partial charge in [0.05, 0.1) is 12.7 Å². The quantitative estimate of drug-likeness (QED) is 0.774. The van der Waals surface area contributed by atoms with Crippen LogP contribution in [0.5, 0.6) is 0 Å². The van der Waals surface area contributed by atoms with Crippen LogP contribution in [0.2, 0.25) is 0 Å². The normalized spacial score (nSPS) is 10.2. The zero-order valence-corrected chi connectivity index (χ0v) is 9.63. The van der Waals surface area contributed by atoms with Crippen molar-refractivity contribution in [2.75, 3.05) is 12.4 Å². The Morgan fingerprint density at radius 1 is 1.40 bits per heavy atom. The number of esters is 1. The average molecular weight is 207 g/mol. The predicted molar refractivity (Wildman–Crippen MR) is 61.3 cm³/mol. The van der Waals surface area contributed by atoms with Crippen LogP contribution in [0.15, 0.2) is 18.2 Å². The van der Waals surface area contributed by atoms with Gasteiger partial charge in [-0.05, 0) is 32.9 Å². The van der Waals surface area contributed by atoms with E-state index in [9.17, 15) is 4.79 Å². The van der Waals surface area contributed by atoms with Crippen molar-refractivity contribution in [3.05, 3.63) is 29.3 Å². The summed E-state index contributed by atoms with van der Waals surface area (Å²) >= 11 is 0. The van der Waals surface area contributed by atoms with Crippen molar-refractivity contribution >= 4 is 11.7 Å². The van der Waals surface area contributed by atoms with E-state index in [1.165, 1.54) is 7.11 Å². The lowest BCUT2D eigenvalue weighted by Crippen LogP contribution is -2.14. The summed E-state index contributed by atoms with van der Waals surface area (Å²) in [6.07, 6.45) is 0. The first-order valence-electron chi connectivity index (χ1n) is 5.00. The van der Waals surface area contributed by atoms with Gasteiger partial charge in [-0.15, -0.1) is 0 Å². The lowest BCUT2D eigenvalue weighted by Gasteiger charge is -2.14. The number of rotatable bonds is 3. The molecule has 0 aliphatic heterocycles. The second-order valence-electron chi connectivity index (χ2n) is 3.84. The Morgan fingerprint density at radius 3 is 2.60 bits per heavy atom. The molecule has 82 valence electrons. The van der Waals surface area contributed by atoms with Crippen LogP contribution in [0, 0.1) is 6.92 Å². The number of nitrogens with one attached hydrogen (secondary N) is 1. The summed E-state index contributed by atoms with van der Waals surface area (Å²) in [6, 6.07) is 5.99. The van der Waals surface area contributed by atoms with E-state index >= 15 is 0 Å². The molecule has 0 aliphatic carbocycles. The van der Waals surface area contributed by atoms with Gasteiger partial charge >= 0.3 is 5.97 Å². The summed E-state index contributed by atoms with van der Waals surface area (Å²) in [5.74, 6) is -0.304. The molecule has 0 bridgehead atoms. The van der Waals surface area contributed by atoms with Crippen LogP contribution in [0.1, 0.15) is 29.8 Å². The minimum Gasteiger partial charge on any atom is -0.465 e. The number of benzene rings is 1. The van der Waals surface area contributed by atoms with Crippen LogP contribution in [-0.4, -0.2) is 19.1 Å². The Labute approximate surface area is 90.4 Å². The molecule has 0 aliphatic rings. The Hall–Kier alpha value is -1.51. The topological polar surface area (TPSA) is 38.3 Å². The summed E-state index contributed by atoms with van der Waals surface area (Å²) in [5.41, 5.74) is 2.46. The van der Waals surface area contributed by atoms with Crippen LogP contribution in [-0.2, 0) is 4.74 Å². The summed E-state index contributed by atoms with van der Waals surface area (Å²) in [7, 11) is 1.39. The van der Waals surface area contributed by atoms with Crippen molar-refractivity contribution in [2.45, 2.75) is 26.8 Å². The molecule has 3 heteroatoms. The highest BCUT2D eigenvalue weighted by Crippen LogP contribution is 2.19. The summed E-state index contributed by atoms with van der Waals surface area (Å²) in [5, 5.41) is 3.21. The van der Waals surface area contributed by atoms with Crippen molar-refractivity contribution in [1.29, 1.82) is 0 Å². The highest BCUT2D eigenvalue weighted by atomic mass is 16.5. The molecule has 0 atom stereocenters. The van der Waals surface area contributed by atoms with E-state index in [-0.39, 0.29) is 12.0 Å². The van der Waals surface area contributed by atoms with E-state index in [1.807, 2.05) is 39.0 Å². The predicted octanol–water partition coefficient (Wildman–Crippen LogP) is 2.60. The molecule has 1 N–H and O–H groups in total. The van der Waals surface area contributed by atoms with Crippen molar-refractivity contribution in [3.63, 3.8) is 0 Å². The first-order chi connectivity index (χ1) is 7.04. The molecule has 1 aromatic carbocycles. The standard InChI is InChI=1S/C12H17NO2/c1-8(2)13-11-6-5-9(3)7-10(11)12(14)15-4/h5-8,13H,1-4H3. The van der Waals surface area contributed by atoms with Gasteiger partial charge in [0.15, 0.2) is 0 Å². The van der Waals surface area contributed by atoms with Crippen molar-refractivity contribution in [3.8, 4) is 0 Å². The molecule has 15 heavy (non-hydrogen) atoms. The van der Waals surface area contributed by atoms with Gasteiger partial charge in [0.25, 0.3) is 0 Å². The number of anilines is 1. The van der Waals surface area contributed by atoms with E-state index in [0.29, 0.717) is 5.56 Å². The second kappa shape index (κ2) is 4.82. The zero-order valence-electron chi connectivity index (χ0n) is 9.63. The number of carbonyl (C=O) groups is 1. The number of carbonyl (C=O) groups excluding carboxylic acids is 1. The molecule has 1 rings (SSSR count). The smallest absolute Gasteiger partial charge is 0.339 e. The molecule has 0 heterocycles. The van der Waals surface area contributed by atoms with Crippen molar-refractivity contribution in [1.82, 2.24) is 0 Å². The Balaban J connectivity index is 3.08. The van der Waals surface area contributed by atoms with E-state index in [4.69, 9.17) is 4.74 Å². The molecular formula is C12H17NO2. The van der Waals surface area contributed by atoms with Gasteiger partial charge in [-0.3, -0.25) is 0 Å². The summed E-state index contributed by atoms with van der Waals surface area (Å²) in [4.78, 5) is 11.5. The molecular weight excluding hydrogens is 190 g/mol. The van der Waals surface area contributed by atoms with Gasteiger partial charge < -0.3 is 10.1 Å². The third-order valence-corrected chi connectivity index (χ3v) is 2.02. The van der Waals surface area contributed by atoms with E-state index in [0.717, 1.165) is 11.3 Å². The SMILES string of the molecule is COC(=O)c1cc(C)ccc1NC(C)C. The van der Waals surface area contributed by atoms with Crippen LogP contribution >= 0.6 is 0 Å². The van der Waals surface area contributed by atoms with Gasteiger partial charge in [0, 0.05) is 11.7 Å². The first-order valence-corrected chi connectivity index (χ1v) is 5.00. The maximum absolute atomic E-state index is 11.5. The lowest BCUT2D eigenvalue weighted by atomic mass is 10.1. The fraction of sp³-hybridized carbons (Fsp3) is 0.417. The average Bonchev–Trinajstić information content (AvgIpc) is 2.19. The molecule has 0 saturated carbocycles. The second-order valence-corrected chi connectivity index (χ2v) is 3.84.